The van der Waals surface area contributed by atoms with Crippen LogP contribution in [-0.4, -0.2) is 30.2 Å². The Bertz CT molecular complexity index is 512. The number of aromatic nitrogens is 1. The van der Waals surface area contributed by atoms with E-state index in [-0.39, 0.29) is 10.6 Å². The molecule has 0 aliphatic heterocycles. The Morgan fingerprint density at radius 1 is 1.50 bits per heavy atom. The summed E-state index contributed by atoms with van der Waals surface area (Å²) in [6, 6.07) is 2.67. The van der Waals surface area contributed by atoms with Crippen molar-refractivity contribution in [2.24, 2.45) is 0 Å². The van der Waals surface area contributed by atoms with Crippen LogP contribution in [0.2, 0.25) is 0 Å². The van der Waals surface area contributed by atoms with E-state index < -0.39 is 21.5 Å². The molecular weight excluding hydrogens is 298 g/mol. The van der Waals surface area contributed by atoms with E-state index in [9.17, 15) is 13.2 Å². The number of aromatic carboxylic acids is 1. The van der Waals surface area contributed by atoms with E-state index in [1.54, 1.807) is 6.92 Å². The summed E-state index contributed by atoms with van der Waals surface area (Å²) in [4.78, 5) is 14.3. The number of carbonyl (C=O) groups is 1. The van der Waals surface area contributed by atoms with Crippen LogP contribution < -0.4 is 0 Å². The zero-order chi connectivity index (χ0) is 12.3. The van der Waals surface area contributed by atoms with Crippen LogP contribution in [0.25, 0.3) is 0 Å². The third-order valence-corrected chi connectivity index (χ3v) is 4.22. The fourth-order valence-electron chi connectivity index (χ4n) is 1.21. The molecule has 0 amide bonds. The molecule has 0 spiro atoms. The summed E-state index contributed by atoms with van der Waals surface area (Å²) in [6.07, 6.45) is 0.428. The van der Waals surface area contributed by atoms with Gasteiger partial charge in [0.1, 0.15) is 9.50 Å². The molecule has 0 fully saturated rings. The minimum absolute atomic E-state index is 0.0867. The van der Waals surface area contributed by atoms with Gasteiger partial charge < -0.3 is 5.11 Å². The number of pyridine rings is 1. The molecule has 1 N–H and O–H groups in total. The molecular formula is C9H10BrNO4S. The van der Waals surface area contributed by atoms with Crippen LogP contribution in [0, 0.1) is 0 Å². The second kappa shape index (κ2) is 4.92. The van der Waals surface area contributed by atoms with Gasteiger partial charge in [0.05, 0.1) is 5.75 Å². The molecule has 5 nitrogen and oxygen atoms in total. The Kier molecular flexibility index (Phi) is 4.03. The normalized spacial score (nSPS) is 11.4. The molecule has 0 aliphatic rings. The lowest BCUT2D eigenvalue weighted by atomic mass is 10.3. The zero-order valence-corrected chi connectivity index (χ0v) is 10.9. The predicted octanol–water partition coefficient (Wildman–Crippen LogP) is 1.73. The minimum atomic E-state index is -3.57. The second-order valence-corrected chi connectivity index (χ2v) is 5.99. The van der Waals surface area contributed by atoms with Crippen molar-refractivity contribution in [2.45, 2.75) is 18.2 Å². The molecule has 0 radical (unpaired) electrons. The molecule has 0 saturated heterocycles. The van der Waals surface area contributed by atoms with Gasteiger partial charge in [-0.1, -0.05) is 6.92 Å². The third kappa shape index (κ3) is 2.79. The van der Waals surface area contributed by atoms with Gasteiger partial charge in [0.2, 0.25) is 0 Å². The van der Waals surface area contributed by atoms with Gasteiger partial charge in [-0.25, -0.2) is 18.2 Å². The van der Waals surface area contributed by atoms with E-state index in [1.807, 2.05) is 0 Å². The van der Waals surface area contributed by atoms with Gasteiger partial charge in [-0.15, -0.1) is 0 Å². The van der Waals surface area contributed by atoms with Gasteiger partial charge in [0, 0.05) is 0 Å². The highest BCUT2D eigenvalue weighted by molar-refractivity contribution is 9.10. The Balaban J connectivity index is 3.39. The lowest BCUT2D eigenvalue weighted by molar-refractivity contribution is 0.0685. The number of carboxylic acid groups (broad SMARTS) is 1. The van der Waals surface area contributed by atoms with Crippen LogP contribution in [0.3, 0.4) is 0 Å². The van der Waals surface area contributed by atoms with Crippen LogP contribution in [0.15, 0.2) is 21.6 Å². The maximum absolute atomic E-state index is 11.8. The summed E-state index contributed by atoms with van der Waals surface area (Å²) in [5.41, 5.74) is -0.442. The highest BCUT2D eigenvalue weighted by atomic mass is 79.9. The van der Waals surface area contributed by atoms with E-state index in [1.165, 1.54) is 12.1 Å². The maximum Gasteiger partial charge on any atom is 0.355 e. The van der Waals surface area contributed by atoms with Crippen molar-refractivity contribution in [2.75, 3.05) is 5.75 Å². The molecule has 7 heteroatoms. The third-order valence-electron chi connectivity index (χ3n) is 1.83. The van der Waals surface area contributed by atoms with Crippen LogP contribution in [-0.2, 0) is 9.84 Å². The Morgan fingerprint density at radius 3 is 2.62 bits per heavy atom. The molecule has 0 aromatic carbocycles. The number of halogens is 1. The lowest BCUT2D eigenvalue weighted by Crippen LogP contribution is -2.13. The van der Waals surface area contributed by atoms with Gasteiger partial charge in [-0.3, -0.25) is 0 Å². The highest BCUT2D eigenvalue weighted by Gasteiger charge is 2.23. The number of hydrogen-bond acceptors (Lipinski definition) is 4. The smallest absolute Gasteiger partial charge is 0.355 e. The first kappa shape index (κ1) is 13.1. The van der Waals surface area contributed by atoms with Gasteiger partial charge in [0.25, 0.3) is 0 Å². The summed E-state index contributed by atoms with van der Waals surface area (Å²) in [5, 5.41) is 8.87. The monoisotopic (exact) mass is 307 g/mol. The van der Waals surface area contributed by atoms with E-state index >= 15 is 0 Å². The average Bonchev–Trinajstić information content (AvgIpc) is 2.16. The minimum Gasteiger partial charge on any atom is -0.476 e. The van der Waals surface area contributed by atoms with E-state index in [0.717, 1.165) is 0 Å². The molecule has 1 aromatic heterocycles. The first-order chi connectivity index (χ1) is 7.38. The Labute approximate surface area is 102 Å². The number of hydrogen-bond donors (Lipinski definition) is 1. The van der Waals surface area contributed by atoms with Crippen molar-refractivity contribution in [3.05, 3.63) is 22.4 Å². The molecule has 1 rings (SSSR count). The Morgan fingerprint density at radius 2 is 2.12 bits per heavy atom. The van der Waals surface area contributed by atoms with E-state index in [0.29, 0.717) is 11.0 Å². The number of sulfone groups is 1. The number of carboxylic acids is 1. The van der Waals surface area contributed by atoms with Crippen LogP contribution in [0.1, 0.15) is 23.8 Å². The summed E-state index contributed by atoms with van der Waals surface area (Å²) < 4.78 is 23.8. The molecule has 1 heterocycles. The number of rotatable bonds is 4. The van der Waals surface area contributed by atoms with Gasteiger partial charge in [-0.05, 0) is 34.5 Å². The standard InChI is InChI=1S/C9H10BrNO4S/c1-2-5-16(14,15)6-3-4-7(10)11-8(6)9(12)13/h3-4H,2,5H2,1H3,(H,12,13). The summed E-state index contributed by atoms with van der Waals surface area (Å²) in [6.45, 7) is 1.71. The molecule has 0 aliphatic carbocycles. The number of nitrogens with zero attached hydrogens (tertiary/aromatic N) is 1. The van der Waals surface area contributed by atoms with Crippen molar-refractivity contribution >= 4 is 31.7 Å². The second-order valence-electron chi connectivity index (χ2n) is 3.10. The van der Waals surface area contributed by atoms with E-state index in [2.05, 4.69) is 20.9 Å². The fraction of sp³-hybridized carbons (Fsp3) is 0.333. The van der Waals surface area contributed by atoms with Crippen molar-refractivity contribution in [1.29, 1.82) is 0 Å². The summed E-state index contributed by atoms with van der Waals surface area (Å²) in [5.74, 6) is -1.44. The molecule has 0 unspecified atom stereocenters. The molecule has 1 aromatic rings. The topological polar surface area (TPSA) is 84.3 Å². The predicted molar refractivity (Wildman–Crippen MR) is 61.2 cm³/mol. The molecule has 88 valence electrons. The zero-order valence-electron chi connectivity index (χ0n) is 8.47. The van der Waals surface area contributed by atoms with Crippen molar-refractivity contribution < 1.29 is 18.3 Å². The Hall–Kier alpha value is -0.950. The first-order valence-corrected chi connectivity index (χ1v) is 6.95. The molecule has 16 heavy (non-hydrogen) atoms. The van der Waals surface area contributed by atoms with Crippen molar-refractivity contribution in [3.63, 3.8) is 0 Å². The molecule has 0 atom stereocenters. The molecule has 0 bridgehead atoms. The average molecular weight is 308 g/mol. The van der Waals surface area contributed by atoms with Gasteiger partial charge in [-0.2, -0.15) is 0 Å². The van der Waals surface area contributed by atoms with Crippen LogP contribution in [0.4, 0.5) is 0 Å². The van der Waals surface area contributed by atoms with Crippen molar-refractivity contribution in [3.8, 4) is 0 Å². The molecule has 0 saturated carbocycles. The first-order valence-electron chi connectivity index (χ1n) is 4.51. The van der Waals surface area contributed by atoms with E-state index in [4.69, 9.17) is 5.11 Å². The van der Waals surface area contributed by atoms with Crippen LogP contribution in [0.5, 0.6) is 0 Å². The van der Waals surface area contributed by atoms with Crippen molar-refractivity contribution in [1.82, 2.24) is 4.98 Å². The maximum atomic E-state index is 11.8. The fourth-order valence-corrected chi connectivity index (χ4v) is 2.98. The highest BCUT2D eigenvalue weighted by Crippen LogP contribution is 2.19. The van der Waals surface area contributed by atoms with Gasteiger partial charge in [0.15, 0.2) is 15.5 Å². The quantitative estimate of drug-likeness (QED) is 0.856. The lowest BCUT2D eigenvalue weighted by Gasteiger charge is -2.06. The van der Waals surface area contributed by atoms with Gasteiger partial charge >= 0.3 is 5.97 Å². The largest absolute Gasteiger partial charge is 0.476 e. The summed E-state index contributed by atoms with van der Waals surface area (Å²) >= 11 is 3.00. The summed E-state index contributed by atoms with van der Waals surface area (Å²) in [7, 11) is -3.57. The SMILES string of the molecule is CCCS(=O)(=O)c1ccc(Br)nc1C(=O)O. The van der Waals surface area contributed by atoms with Crippen LogP contribution >= 0.6 is 15.9 Å².